The highest BCUT2D eigenvalue weighted by Crippen LogP contribution is 2.31. The van der Waals surface area contributed by atoms with Crippen molar-refractivity contribution in [2.75, 3.05) is 11.4 Å². The second kappa shape index (κ2) is 5.03. The number of carbonyl (C=O) groups is 1. The number of halogens is 3. The number of alkyl halides is 3. The summed E-state index contributed by atoms with van der Waals surface area (Å²) in [7, 11) is 0. The van der Waals surface area contributed by atoms with Gasteiger partial charge in [0.05, 0.1) is 5.56 Å². The maximum absolute atomic E-state index is 12.5. The van der Waals surface area contributed by atoms with Crippen LogP contribution in [0, 0.1) is 0 Å². The van der Waals surface area contributed by atoms with Gasteiger partial charge in [0, 0.05) is 19.2 Å². The van der Waals surface area contributed by atoms with E-state index < -0.39 is 11.7 Å². The second-order valence-corrected chi connectivity index (χ2v) is 3.47. The minimum Gasteiger partial charge on any atom is -0.309 e. The molecule has 0 radical (unpaired) electrons. The molecule has 1 amide bonds. The molecule has 1 aromatic rings. The van der Waals surface area contributed by atoms with Gasteiger partial charge in [0.2, 0.25) is 5.91 Å². The van der Waals surface area contributed by atoms with Gasteiger partial charge in [0.1, 0.15) is 0 Å². The molecule has 0 aliphatic rings. The number of carbonyl (C=O) groups excluding carboxylic acids is 1. The number of nitrogens with zero attached hydrogens (tertiary/aromatic N) is 1. The van der Waals surface area contributed by atoms with Crippen LogP contribution in [-0.2, 0) is 11.0 Å². The van der Waals surface area contributed by atoms with Gasteiger partial charge < -0.3 is 4.90 Å². The Morgan fingerprint density at radius 1 is 1.47 bits per heavy atom. The van der Waals surface area contributed by atoms with Crippen molar-refractivity contribution in [3.8, 4) is 0 Å². The van der Waals surface area contributed by atoms with Gasteiger partial charge in [0.15, 0.2) is 0 Å². The Kier molecular flexibility index (Phi) is 3.93. The quantitative estimate of drug-likeness (QED) is 0.746. The van der Waals surface area contributed by atoms with Gasteiger partial charge in [-0.05, 0) is 18.2 Å². The molecule has 0 unspecified atom stereocenters. The number of rotatable bonds is 3. The smallest absolute Gasteiger partial charge is 0.309 e. The molecule has 92 valence electrons. The van der Waals surface area contributed by atoms with Crippen molar-refractivity contribution in [1.82, 2.24) is 0 Å². The summed E-state index contributed by atoms with van der Waals surface area (Å²) in [5, 5.41) is 0. The molecule has 0 atom stereocenters. The molecule has 0 N–H and O–H groups in total. The first-order chi connectivity index (χ1) is 7.86. The molecule has 0 aliphatic carbocycles. The third kappa shape index (κ3) is 3.34. The van der Waals surface area contributed by atoms with Gasteiger partial charge in [-0.2, -0.15) is 13.2 Å². The summed E-state index contributed by atoms with van der Waals surface area (Å²) in [5.74, 6) is -0.329. The van der Waals surface area contributed by atoms with Gasteiger partial charge >= 0.3 is 6.18 Å². The van der Waals surface area contributed by atoms with E-state index in [1.54, 1.807) is 0 Å². The Labute approximate surface area is 97.3 Å². The Balaban J connectivity index is 3.13. The number of amides is 1. The van der Waals surface area contributed by atoms with E-state index in [-0.39, 0.29) is 18.1 Å². The highest BCUT2D eigenvalue weighted by atomic mass is 19.4. The van der Waals surface area contributed by atoms with Crippen LogP contribution < -0.4 is 4.90 Å². The van der Waals surface area contributed by atoms with E-state index >= 15 is 0 Å². The SMILES string of the molecule is C=CCN(C(C)=O)c1cccc(C(F)(F)F)c1. The zero-order valence-corrected chi connectivity index (χ0v) is 9.29. The third-order valence-corrected chi connectivity index (χ3v) is 2.18. The molecule has 1 aromatic carbocycles. The molecule has 17 heavy (non-hydrogen) atoms. The molecule has 0 saturated heterocycles. The molecule has 0 aliphatic heterocycles. The second-order valence-electron chi connectivity index (χ2n) is 3.47. The zero-order chi connectivity index (χ0) is 13.1. The maximum Gasteiger partial charge on any atom is 0.416 e. The van der Waals surface area contributed by atoms with Crippen LogP contribution in [0.15, 0.2) is 36.9 Å². The molecule has 0 saturated carbocycles. The molecule has 2 nitrogen and oxygen atoms in total. The van der Waals surface area contributed by atoms with E-state index in [1.165, 1.54) is 30.0 Å². The Morgan fingerprint density at radius 3 is 2.59 bits per heavy atom. The van der Waals surface area contributed by atoms with E-state index in [9.17, 15) is 18.0 Å². The van der Waals surface area contributed by atoms with E-state index in [0.29, 0.717) is 0 Å². The van der Waals surface area contributed by atoms with Crippen molar-refractivity contribution in [1.29, 1.82) is 0 Å². The van der Waals surface area contributed by atoms with Crippen LogP contribution in [0.2, 0.25) is 0 Å². The summed E-state index contributed by atoms with van der Waals surface area (Å²) in [4.78, 5) is 12.5. The predicted octanol–water partition coefficient (Wildman–Crippen LogP) is 3.24. The molecular formula is C12H12F3NO. The molecule has 0 fully saturated rings. The van der Waals surface area contributed by atoms with Crippen molar-refractivity contribution < 1.29 is 18.0 Å². The van der Waals surface area contributed by atoms with E-state index in [0.717, 1.165) is 12.1 Å². The summed E-state index contributed by atoms with van der Waals surface area (Å²) >= 11 is 0. The van der Waals surface area contributed by atoms with E-state index in [2.05, 4.69) is 6.58 Å². The van der Waals surface area contributed by atoms with Crippen molar-refractivity contribution in [2.24, 2.45) is 0 Å². The predicted molar refractivity (Wildman–Crippen MR) is 59.7 cm³/mol. The van der Waals surface area contributed by atoms with Gasteiger partial charge in [-0.25, -0.2) is 0 Å². The monoisotopic (exact) mass is 243 g/mol. The fourth-order valence-corrected chi connectivity index (χ4v) is 1.39. The van der Waals surface area contributed by atoms with Gasteiger partial charge in [0.25, 0.3) is 0 Å². The van der Waals surface area contributed by atoms with Crippen molar-refractivity contribution in [3.63, 3.8) is 0 Å². The van der Waals surface area contributed by atoms with E-state index in [4.69, 9.17) is 0 Å². The summed E-state index contributed by atoms with van der Waals surface area (Å²) < 4.78 is 37.5. The first kappa shape index (κ1) is 13.3. The van der Waals surface area contributed by atoms with E-state index in [1.807, 2.05) is 0 Å². The Hall–Kier alpha value is -1.78. The summed E-state index contributed by atoms with van der Waals surface area (Å²) in [6.07, 6.45) is -2.95. The number of benzene rings is 1. The van der Waals surface area contributed by atoms with Crippen LogP contribution in [0.4, 0.5) is 18.9 Å². The lowest BCUT2D eigenvalue weighted by molar-refractivity contribution is -0.137. The minimum absolute atomic E-state index is 0.177. The summed E-state index contributed by atoms with van der Waals surface area (Å²) in [5.41, 5.74) is -0.558. The lowest BCUT2D eigenvalue weighted by Gasteiger charge is -2.20. The standard InChI is InChI=1S/C12H12F3NO/c1-3-7-16(9(2)17)11-6-4-5-10(8-11)12(13,14)15/h3-6,8H,1,7H2,2H3. The number of hydrogen-bond acceptors (Lipinski definition) is 1. The molecule has 1 rings (SSSR count). The van der Waals surface area contributed by atoms with Crippen molar-refractivity contribution in [2.45, 2.75) is 13.1 Å². The van der Waals surface area contributed by atoms with Gasteiger partial charge in [-0.15, -0.1) is 6.58 Å². The average molecular weight is 243 g/mol. The Morgan fingerprint density at radius 2 is 2.12 bits per heavy atom. The Bertz CT molecular complexity index is 426. The fraction of sp³-hybridized carbons (Fsp3) is 0.250. The molecule has 0 aromatic heterocycles. The highest BCUT2D eigenvalue weighted by molar-refractivity contribution is 5.91. The topological polar surface area (TPSA) is 20.3 Å². The highest BCUT2D eigenvalue weighted by Gasteiger charge is 2.30. The van der Waals surface area contributed by atoms with Crippen LogP contribution in [0.5, 0.6) is 0 Å². The maximum atomic E-state index is 12.5. The lowest BCUT2D eigenvalue weighted by Crippen LogP contribution is -2.28. The van der Waals surface area contributed by atoms with Crippen LogP contribution in [0.1, 0.15) is 12.5 Å². The molecule has 0 spiro atoms. The molecule has 0 bridgehead atoms. The first-order valence-electron chi connectivity index (χ1n) is 4.92. The third-order valence-electron chi connectivity index (χ3n) is 2.18. The van der Waals surface area contributed by atoms with Crippen LogP contribution >= 0.6 is 0 Å². The number of hydrogen-bond donors (Lipinski definition) is 0. The van der Waals surface area contributed by atoms with Crippen molar-refractivity contribution in [3.05, 3.63) is 42.5 Å². The summed E-state index contributed by atoms with van der Waals surface area (Å²) in [6.45, 7) is 4.94. The average Bonchev–Trinajstić information content (AvgIpc) is 2.24. The number of anilines is 1. The van der Waals surface area contributed by atoms with Gasteiger partial charge in [-0.1, -0.05) is 12.1 Å². The first-order valence-corrected chi connectivity index (χ1v) is 4.92. The minimum atomic E-state index is -4.41. The molecule has 0 heterocycles. The summed E-state index contributed by atoms with van der Waals surface area (Å²) in [6, 6.07) is 4.65. The molecular weight excluding hydrogens is 231 g/mol. The van der Waals surface area contributed by atoms with Crippen LogP contribution in [-0.4, -0.2) is 12.5 Å². The normalized spacial score (nSPS) is 11.1. The molecule has 5 heteroatoms. The van der Waals surface area contributed by atoms with Crippen molar-refractivity contribution >= 4 is 11.6 Å². The van der Waals surface area contributed by atoms with Crippen LogP contribution in [0.25, 0.3) is 0 Å². The lowest BCUT2D eigenvalue weighted by atomic mass is 10.2. The van der Waals surface area contributed by atoms with Gasteiger partial charge in [-0.3, -0.25) is 4.79 Å². The zero-order valence-electron chi connectivity index (χ0n) is 9.29. The fourth-order valence-electron chi connectivity index (χ4n) is 1.39. The van der Waals surface area contributed by atoms with Crippen LogP contribution in [0.3, 0.4) is 0 Å². The largest absolute Gasteiger partial charge is 0.416 e.